The van der Waals surface area contributed by atoms with Gasteiger partial charge in [-0.25, -0.2) is 4.85 Å². The van der Waals surface area contributed by atoms with Crippen LogP contribution in [0.5, 0.6) is 0 Å². The fourth-order valence-electron chi connectivity index (χ4n) is 5.31. The standard InChI is InChI=1S/C32H17N2O3P/c1-34-26-16-6-13-23-25-15-8-18-28(32(25)37-30(23)26)38(35,21-10-3-2-4-11-21)27-17-7-14-24-22-12-5-9-20(19-33)29(22)36-31(24)27/h2-18H. The zero-order valence-corrected chi connectivity index (χ0v) is 20.8. The Kier molecular flexibility index (Phi) is 4.79. The van der Waals surface area contributed by atoms with E-state index in [0.717, 1.165) is 21.5 Å². The third-order valence-electron chi connectivity index (χ3n) is 7.03. The maximum atomic E-state index is 15.7. The number of fused-ring (bicyclic) bond motifs is 6. The van der Waals surface area contributed by atoms with Crippen LogP contribution in [0, 0.1) is 17.9 Å². The first-order valence-electron chi connectivity index (χ1n) is 12.0. The highest BCUT2D eigenvalue weighted by Gasteiger charge is 2.36. The Balaban J connectivity index is 1.64. The van der Waals surface area contributed by atoms with E-state index in [0.29, 0.717) is 49.5 Å². The van der Waals surface area contributed by atoms with Crippen LogP contribution in [-0.4, -0.2) is 0 Å². The summed E-state index contributed by atoms with van der Waals surface area (Å²) in [4.78, 5) is 3.63. The number of benzene rings is 5. The minimum absolute atomic E-state index is 0.405. The van der Waals surface area contributed by atoms with Crippen LogP contribution < -0.4 is 15.9 Å². The fourth-order valence-corrected chi connectivity index (χ4v) is 8.22. The first-order valence-corrected chi connectivity index (χ1v) is 13.7. The number of nitriles is 1. The van der Waals surface area contributed by atoms with E-state index in [4.69, 9.17) is 15.4 Å². The molecule has 2 aromatic heterocycles. The van der Waals surface area contributed by atoms with Crippen LogP contribution in [0.3, 0.4) is 0 Å². The Morgan fingerprint density at radius 3 is 1.76 bits per heavy atom. The highest BCUT2D eigenvalue weighted by molar-refractivity contribution is 7.86. The highest BCUT2D eigenvalue weighted by atomic mass is 31.2. The van der Waals surface area contributed by atoms with Gasteiger partial charge in [-0.3, -0.25) is 0 Å². The van der Waals surface area contributed by atoms with Crippen molar-refractivity contribution in [2.24, 2.45) is 0 Å². The van der Waals surface area contributed by atoms with Crippen LogP contribution in [0.1, 0.15) is 5.56 Å². The molecule has 0 saturated carbocycles. The average molecular weight is 508 g/mol. The molecule has 1 atom stereocenters. The summed E-state index contributed by atoms with van der Waals surface area (Å²) in [5.41, 5.74) is 2.74. The number of rotatable bonds is 3. The largest absolute Gasteiger partial charge is 0.466 e. The molecule has 0 aliphatic rings. The molecule has 0 aliphatic heterocycles. The van der Waals surface area contributed by atoms with Gasteiger partial charge in [0.2, 0.25) is 5.69 Å². The first-order chi connectivity index (χ1) is 18.6. The van der Waals surface area contributed by atoms with Gasteiger partial charge < -0.3 is 13.4 Å². The van der Waals surface area contributed by atoms with Gasteiger partial charge in [0.1, 0.15) is 22.8 Å². The van der Waals surface area contributed by atoms with E-state index in [-0.39, 0.29) is 0 Å². The molecule has 0 N–H and O–H groups in total. The molecule has 0 spiro atoms. The first kappa shape index (κ1) is 22.1. The van der Waals surface area contributed by atoms with E-state index >= 15 is 4.57 Å². The molecule has 7 aromatic rings. The fraction of sp³-hybridized carbons (Fsp3) is 0. The van der Waals surface area contributed by atoms with Crippen LogP contribution >= 0.6 is 7.14 Å². The van der Waals surface area contributed by atoms with Crippen LogP contribution in [0.15, 0.2) is 112 Å². The molecular formula is C32H17N2O3P. The van der Waals surface area contributed by atoms with Crippen molar-refractivity contribution < 1.29 is 13.4 Å². The summed E-state index contributed by atoms with van der Waals surface area (Å²) >= 11 is 0. The zero-order chi connectivity index (χ0) is 25.9. The Labute approximate surface area is 217 Å². The normalized spacial score (nSPS) is 13.0. The molecular weight excluding hydrogens is 491 g/mol. The van der Waals surface area contributed by atoms with Gasteiger partial charge in [0.05, 0.1) is 22.7 Å². The van der Waals surface area contributed by atoms with Gasteiger partial charge in [0.15, 0.2) is 12.7 Å². The van der Waals surface area contributed by atoms with E-state index in [1.807, 2.05) is 91.0 Å². The van der Waals surface area contributed by atoms with Crippen molar-refractivity contribution in [2.45, 2.75) is 0 Å². The van der Waals surface area contributed by atoms with E-state index in [1.54, 1.807) is 12.1 Å². The van der Waals surface area contributed by atoms with Crippen LogP contribution in [0.25, 0.3) is 48.7 Å². The predicted molar refractivity (Wildman–Crippen MR) is 151 cm³/mol. The van der Waals surface area contributed by atoms with E-state index in [2.05, 4.69) is 10.9 Å². The van der Waals surface area contributed by atoms with Gasteiger partial charge in [0, 0.05) is 26.8 Å². The van der Waals surface area contributed by atoms with Crippen molar-refractivity contribution in [3.8, 4) is 6.07 Å². The summed E-state index contributed by atoms with van der Waals surface area (Å²) in [5.74, 6) is 0. The summed E-state index contributed by atoms with van der Waals surface area (Å²) in [6.07, 6.45) is 0. The predicted octanol–water partition coefficient (Wildman–Crippen LogP) is 7.55. The second-order valence-corrected chi connectivity index (χ2v) is 11.7. The smallest absolute Gasteiger partial charge is 0.229 e. The van der Waals surface area contributed by atoms with Crippen molar-refractivity contribution in [2.75, 3.05) is 0 Å². The van der Waals surface area contributed by atoms with Crippen molar-refractivity contribution in [1.29, 1.82) is 5.26 Å². The molecule has 5 aromatic carbocycles. The van der Waals surface area contributed by atoms with Crippen LogP contribution in [0.2, 0.25) is 0 Å². The van der Waals surface area contributed by atoms with Crippen LogP contribution in [-0.2, 0) is 4.57 Å². The van der Waals surface area contributed by atoms with Crippen molar-refractivity contribution in [3.63, 3.8) is 0 Å². The van der Waals surface area contributed by atoms with Gasteiger partial charge in [-0.1, -0.05) is 84.9 Å². The second-order valence-electron chi connectivity index (χ2n) is 9.02. The molecule has 178 valence electrons. The molecule has 0 saturated heterocycles. The number of hydrogen-bond donors (Lipinski definition) is 0. The summed E-state index contributed by atoms with van der Waals surface area (Å²) in [6, 6.07) is 33.7. The highest BCUT2D eigenvalue weighted by Crippen LogP contribution is 2.48. The topological polar surface area (TPSA) is 71.5 Å². The summed E-state index contributed by atoms with van der Waals surface area (Å²) < 4.78 is 28.3. The summed E-state index contributed by atoms with van der Waals surface area (Å²) in [6.45, 7) is 7.60. The molecule has 7 rings (SSSR count). The van der Waals surface area contributed by atoms with Gasteiger partial charge in [-0.2, -0.15) is 5.26 Å². The summed E-state index contributed by atoms with van der Waals surface area (Å²) in [5, 5.41) is 14.5. The lowest BCUT2D eigenvalue weighted by atomic mass is 10.1. The number of furan rings is 2. The Hall–Kier alpha value is -5.09. The minimum Gasteiger partial charge on any atom is -0.466 e. The Bertz CT molecular complexity index is 2060. The van der Waals surface area contributed by atoms with Crippen LogP contribution in [0.4, 0.5) is 5.69 Å². The lowest BCUT2D eigenvalue weighted by Crippen LogP contribution is -2.25. The van der Waals surface area contributed by atoms with Gasteiger partial charge in [-0.05, 0) is 18.2 Å². The number of para-hydroxylation sites is 4. The zero-order valence-electron chi connectivity index (χ0n) is 19.9. The lowest BCUT2D eigenvalue weighted by Gasteiger charge is -2.20. The third kappa shape index (κ3) is 2.94. The molecule has 5 nitrogen and oxygen atoms in total. The molecule has 6 heteroatoms. The molecule has 0 fully saturated rings. The molecule has 0 bridgehead atoms. The quantitative estimate of drug-likeness (QED) is 0.183. The maximum absolute atomic E-state index is 15.7. The van der Waals surface area contributed by atoms with Crippen molar-refractivity contribution in [1.82, 2.24) is 0 Å². The van der Waals surface area contributed by atoms with E-state index in [1.165, 1.54) is 0 Å². The molecule has 2 heterocycles. The molecule has 38 heavy (non-hydrogen) atoms. The maximum Gasteiger partial charge on any atom is 0.229 e. The SMILES string of the molecule is [C-]#[N+]c1cccc2c1oc1c(P(=O)(c3ccccc3)c3cccc4c3oc3c(C#N)cccc34)cccc12. The second kappa shape index (κ2) is 8.22. The van der Waals surface area contributed by atoms with Gasteiger partial charge >= 0.3 is 0 Å². The van der Waals surface area contributed by atoms with E-state index < -0.39 is 7.14 Å². The third-order valence-corrected chi connectivity index (χ3v) is 10.1. The monoisotopic (exact) mass is 508 g/mol. The number of hydrogen-bond acceptors (Lipinski definition) is 4. The van der Waals surface area contributed by atoms with Crippen molar-refractivity contribution >= 4 is 72.6 Å². The average Bonchev–Trinajstić information content (AvgIpc) is 3.55. The van der Waals surface area contributed by atoms with Gasteiger partial charge in [-0.15, -0.1) is 0 Å². The molecule has 1 unspecified atom stereocenters. The van der Waals surface area contributed by atoms with Gasteiger partial charge in [0.25, 0.3) is 0 Å². The Morgan fingerprint density at radius 1 is 0.632 bits per heavy atom. The Morgan fingerprint density at radius 2 is 1.16 bits per heavy atom. The minimum atomic E-state index is -3.57. The molecule has 0 radical (unpaired) electrons. The van der Waals surface area contributed by atoms with E-state index in [9.17, 15) is 5.26 Å². The lowest BCUT2D eigenvalue weighted by molar-refractivity contribution is 0.591. The molecule has 0 aliphatic carbocycles. The van der Waals surface area contributed by atoms with Crippen molar-refractivity contribution in [3.05, 3.63) is 120 Å². The molecule has 0 amide bonds. The summed E-state index contributed by atoms with van der Waals surface area (Å²) in [7, 11) is -3.57. The number of nitrogens with zero attached hydrogens (tertiary/aromatic N) is 2.